The summed E-state index contributed by atoms with van der Waals surface area (Å²) in [6, 6.07) is 1.26. The van der Waals surface area contributed by atoms with Crippen molar-refractivity contribution in [3.05, 3.63) is 34.5 Å². The quantitative estimate of drug-likeness (QED) is 0.315. The van der Waals surface area contributed by atoms with Gasteiger partial charge in [0.25, 0.3) is 0 Å². The summed E-state index contributed by atoms with van der Waals surface area (Å²) in [5.74, 6) is -0.0611. The van der Waals surface area contributed by atoms with E-state index < -0.39 is 12.0 Å². The van der Waals surface area contributed by atoms with Crippen LogP contribution in [0.5, 0.6) is 0 Å². The van der Waals surface area contributed by atoms with Gasteiger partial charge in [-0.05, 0) is 35.8 Å². The number of aromatic nitrogens is 2. The van der Waals surface area contributed by atoms with E-state index in [-0.39, 0.29) is 17.0 Å². The summed E-state index contributed by atoms with van der Waals surface area (Å²) in [6.07, 6.45) is 1.73. The zero-order valence-corrected chi connectivity index (χ0v) is 16.7. The van der Waals surface area contributed by atoms with Crippen LogP contribution in [0.3, 0.4) is 0 Å². The third kappa shape index (κ3) is 3.78. The lowest BCUT2D eigenvalue weighted by molar-refractivity contribution is -0.147. The van der Waals surface area contributed by atoms with Gasteiger partial charge in [-0.25, -0.2) is 14.8 Å². The molecule has 1 aromatic heterocycles. The van der Waals surface area contributed by atoms with Crippen LogP contribution < -0.4 is 5.73 Å². The van der Waals surface area contributed by atoms with Crippen LogP contribution in [0.4, 0.5) is 0 Å². The van der Waals surface area contributed by atoms with Crippen molar-refractivity contribution in [2.24, 2.45) is 5.73 Å². The van der Waals surface area contributed by atoms with Crippen LogP contribution in [0.1, 0.15) is 12.6 Å². The van der Waals surface area contributed by atoms with Crippen molar-refractivity contribution in [1.82, 2.24) is 14.9 Å². The lowest BCUT2D eigenvalue weighted by Crippen LogP contribution is -2.68. The number of aliphatic carboxylic acids is 1. The zero-order valence-electron chi connectivity index (χ0n) is 14.2. The van der Waals surface area contributed by atoms with Crippen molar-refractivity contribution >= 4 is 47.2 Å². The molecular formula is C16H18N4O3S3. The van der Waals surface area contributed by atoms with Gasteiger partial charge < -0.3 is 10.8 Å². The Morgan fingerprint density at radius 3 is 3.00 bits per heavy atom. The van der Waals surface area contributed by atoms with Crippen molar-refractivity contribution in [2.45, 2.75) is 35.4 Å². The first-order valence-corrected chi connectivity index (χ1v) is 10.8. The minimum absolute atomic E-state index is 0.0263. The minimum atomic E-state index is -1.11. The average Bonchev–Trinajstić information content (AvgIpc) is 2.60. The predicted molar refractivity (Wildman–Crippen MR) is 104 cm³/mol. The molecule has 1 aromatic rings. The van der Waals surface area contributed by atoms with E-state index in [1.807, 2.05) is 19.9 Å². The van der Waals surface area contributed by atoms with Gasteiger partial charge in [-0.3, -0.25) is 9.69 Å². The Hall–Kier alpha value is -1.49. The normalized spacial score (nSPS) is 22.6. The summed E-state index contributed by atoms with van der Waals surface area (Å²) in [5.41, 5.74) is 7.25. The summed E-state index contributed by atoms with van der Waals surface area (Å²) in [5, 5.41) is 12.6. The monoisotopic (exact) mass is 410 g/mol. The predicted octanol–water partition coefficient (Wildman–Crippen LogP) is 2.08. The van der Waals surface area contributed by atoms with Crippen LogP contribution in [-0.2, 0) is 9.59 Å². The van der Waals surface area contributed by atoms with Crippen LogP contribution >= 0.6 is 35.3 Å². The number of hydrogen-bond acceptors (Lipinski definition) is 8. The lowest BCUT2D eigenvalue weighted by atomic mass is 10.0. The molecule has 1 saturated heterocycles. The average molecular weight is 411 g/mol. The number of nitrogens with two attached hydrogens (primary N) is 1. The fraction of sp³-hybridized carbons (Fsp3) is 0.375. The van der Waals surface area contributed by atoms with Crippen LogP contribution in [0.2, 0.25) is 0 Å². The molecule has 2 atom stereocenters. The van der Waals surface area contributed by atoms with E-state index in [4.69, 9.17) is 5.73 Å². The van der Waals surface area contributed by atoms with E-state index in [0.29, 0.717) is 11.3 Å². The summed E-state index contributed by atoms with van der Waals surface area (Å²) in [4.78, 5) is 33.7. The van der Waals surface area contributed by atoms with Gasteiger partial charge in [-0.2, -0.15) is 0 Å². The molecule has 2 aliphatic rings. The Bertz CT molecular complexity index is 812. The molecule has 3 heterocycles. The number of β-lactam (4-membered cyclic amide) rings is 1. The van der Waals surface area contributed by atoms with Crippen LogP contribution in [0, 0.1) is 6.92 Å². The van der Waals surface area contributed by atoms with E-state index in [1.165, 1.54) is 28.4 Å². The maximum absolute atomic E-state index is 11.9. The fourth-order valence-electron chi connectivity index (χ4n) is 2.62. The second-order valence-electron chi connectivity index (χ2n) is 5.60. The van der Waals surface area contributed by atoms with E-state index in [2.05, 4.69) is 9.97 Å². The highest BCUT2D eigenvalue weighted by molar-refractivity contribution is 8.02. The first-order valence-electron chi connectivity index (χ1n) is 7.90. The number of nitrogens with zero attached hydrogens (tertiary/aromatic N) is 3. The molecule has 0 aromatic carbocycles. The lowest BCUT2D eigenvalue weighted by Gasteiger charge is -2.47. The van der Waals surface area contributed by atoms with Crippen molar-refractivity contribution in [1.29, 1.82) is 0 Å². The summed E-state index contributed by atoms with van der Waals surface area (Å²) in [7, 11) is 0. The van der Waals surface area contributed by atoms with E-state index >= 15 is 0 Å². The molecule has 10 heteroatoms. The number of thioether (sulfide) groups is 3. The number of carbonyl (C=O) groups is 2. The van der Waals surface area contributed by atoms with Gasteiger partial charge in [0.05, 0.1) is 0 Å². The molecule has 0 bridgehead atoms. The maximum atomic E-state index is 11.9. The highest BCUT2D eigenvalue weighted by Gasteiger charge is 2.51. The molecule has 26 heavy (non-hydrogen) atoms. The number of allylic oxidation sites excluding steroid dienone is 1. The maximum Gasteiger partial charge on any atom is 0.352 e. The van der Waals surface area contributed by atoms with Gasteiger partial charge in [0.15, 0.2) is 5.16 Å². The highest BCUT2D eigenvalue weighted by atomic mass is 32.2. The first-order chi connectivity index (χ1) is 12.4. The topological polar surface area (TPSA) is 109 Å². The standard InChI is InChI=1S/C16H18N4O3S3/c1-3-24-16-18-8(2)6-10(19-16)25-5-4-9-7-26-14-11(17)13(21)20(14)12(9)15(22)23/h4-6,11,14H,3,7,17H2,1-2H3,(H,22,23)/b5-4+. The number of carboxylic acids is 1. The van der Waals surface area contributed by atoms with Crippen molar-refractivity contribution in [3.63, 3.8) is 0 Å². The molecule has 7 nitrogen and oxygen atoms in total. The molecule has 0 spiro atoms. The number of carboxylic acid groups (broad SMARTS) is 1. The minimum Gasteiger partial charge on any atom is -0.477 e. The van der Waals surface area contributed by atoms with Gasteiger partial charge in [0.1, 0.15) is 22.1 Å². The molecule has 138 valence electrons. The van der Waals surface area contributed by atoms with Gasteiger partial charge in [0, 0.05) is 11.4 Å². The number of aryl methyl sites for hydroxylation is 1. The fourth-order valence-corrected chi connectivity index (χ4v) is 5.32. The number of fused-ring (bicyclic) bond motifs is 1. The molecule has 1 amide bonds. The van der Waals surface area contributed by atoms with Crippen molar-refractivity contribution in [3.8, 4) is 0 Å². The summed E-state index contributed by atoms with van der Waals surface area (Å²) < 4.78 is 0. The molecule has 0 aliphatic carbocycles. The number of rotatable bonds is 6. The van der Waals surface area contributed by atoms with Crippen molar-refractivity contribution < 1.29 is 14.7 Å². The summed E-state index contributed by atoms with van der Waals surface area (Å²) >= 11 is 4.45. The third-order valence-corrected chi connectivity index (χ3v) is 6.56. The molecule has 3 rings (SSSR count). The molecule has 2 unspecified atom stereocenters. The van der Waals surface area contributed by atoms with Gasteiger partial charge in [-0.15, -0.1) is 11.8 Å². The van der Waals surface area contributed by atoms with Gasteiger partial charge >= 0.3 is 5.97 Å². The van der Waals surface area contributed by atoms with Crippen molar-refractivity contribution in [2.75, 3.05) is 11.5 Å². The molecule has 2 aliphatic heterocycles. The Kier molecular flexibility index (Phi) is 5.96. The Morgan fingerprint density at radius 2 is 2.31 bits per heavy atom. The molecular weight excluding hydrogens is 392 g/mol. The second kappa shape index (κ2) is 8.03. The smallest absolute Gasteiger partial charge is 0.352 e. The Balaban J connectivity index is 1.79. The van der Waals surface area contributed by atoms with Crippen LogP contribution in [0.15, 0.2) is 39.0 Å². The van der Waals surface area contributed by atoms with Crippen LogP contribution in [0.25, 0.3) is 0 Å². The van der Waals surface area contributed by atoms with Gasteiger partial charge in [0.2, 0.25) is 5.91 Å². The number of hydrogen-bond donors (Lipinski definition) is 2. The second-order valence-corrected chi connectivity index (χ2v) is 8.86. The third-order valence-electron chi connectivity index (χ3n) is 3.78. The highest BCUT2D eigenvalue weighted by Crippen LogP contribution is 2.40. The summed E-state index contributed by atoms with van der Waals surface area (Å²) in [6.45, 7) is 3.96. The van der Waals surface area contributed by atoms with E-state index in [1.54, 1.807) is 23.2 Å². The van der Waals surface area contributed by atoms with Gasteiger partial charge in [-0.1, -0.05) is 30.4 Å². The number of carbonyl (C=O) groups excluding carboxylic acids is 1. The molecule has 1 fully saturated rings. The Labute approximate surface area is 163 Å². The zero-order chi connectivity index (χ0) is 18.8. The SMILES string of the molecule is CCSc1nc(C)cc(S/C=C/C2=C(C(=O)O)N3C(=O)C(N)C3SC2)n1. The molecule has 3 N–H and O–H groups in total. The molecule has 0 saturated carbocycles. The largest absolute Gasteiger partial charge is 0.477 e. The van der Waals surface area contributed by atoms with E-state index in [9.17, 15) is 14.7 Å². The Morgan fingerprint density at radius 1 is 1.54 bits per heavy atom. The number of amides is 1. The van der Waals surface area contributed by atoms with Crippen LogP contribution in [-0.4, -0.2) is 54.8 Å². The first kappa shape index (κ1) is 19.3. The molecule has 0 radical (unpaired) electrons. The van der Waals surface area contributed by atoms with E-state index in [0.717, 1.165) is 21.6 Å².